The van der Waals surface area contributed by atoms with E-state index in [0.29, 0.717) is 18.4 Å². The summed E-state index contributed by atoms with van der Waals surface area (Å²) in [5.74, 6) is 2.09. The van der Waals surface area contributed by atoms with Crippen LogP contribution in [-0.2, 0) is 19.1 Å². The molecule has 0 radical (unpaired) electrons. The first-order valence-electron chi connectivity index (χ1n) is 14.1. The van der Waals surface area contributed by atoms with Gasteiger partial charge in [-0.15, -0.1) is 0 Å². The van der Waals surface area contributed by atoms with Crippen molar-refractivity contribution in [2.24, 2.45) is 34.1 Å². The Morgan fingerprint density at radius 3 is 2.84 bits per heavy atom. The second-order valence-electron chi connectivity index (χ2n) is 11.6. The van der Waals surface area contributed by atoms with Crippen LogP contribution in [-0.4, -0.2) is 38.3 Å². The van der Waals surface area contributed by atoms with Crippen molar-refractivity contribution < 1.29 is 19.1 Å². The van der Waals surface area contributed by atoms with Crippen LogP contribution >= 0.6 is 0 Å². The van der Waals surface area contributed by atoms with Gasteiger partial charge in [-0.25, -0.2) is 9.59 Å². The lowest BCUT2D eigenvalue weighted by molar-refractivity contribution is -0.135. The number of carbonyl (C=O) groups excluding carboxylic acids is 2. The summed E-state index contributed by atoms with van der Waals surface area (Å²) in [5.41, 5.74) is 4.61. The minimum atomic E-state index is -0.568. The number of ether oxygens (including phenoxy) is 2. The third kappa shape index (κ3) is 3.74. The molecule has 196 valence electrons. The molecule has 1 saturated carbocycles. The topological polar surface area (TPSA) is 77.0 Å². The maximum atomic E-state index is 13.7. The molecule has 1 spiro atoms. The maximum absolute atomic E-state index is 13.7. The fraction of sp³-hybridized carbons (Fsp3) is 0.581. The molecule has 0 unspecified atom stereocenters. The molecule has 4 aliphatic carbocycles. The zero-order valence-corrected chi connectivity index (χ0v) is 22.3. The molecule has 0 amide bonds. The average molecular weight is 503 g/mol. The summed E-state index contributed by atoms with van der Waals surface area (Å²) in [7, 11) is 1.96. The highest BCUT2D eigenvalue weighted by molar-refractivity contribution is 6.00. The van der Waals surface area contributed by atoms with Crippen molar-refractivity contribution in [2.45, 2.75) is 65.2 Å². The quantitative estimate of drug-likeness (QED) is 0.453. The Morgan fingerprint density at radius 1 is 1.22 bits per heavy atom. The predicted octanol–water partition coefficient (Wildman–Crippen LogP) is 5.34. The number of nitrogens with zero attached hydrogens (tertiary/aromatic N) is 1. The van der Waals surface area contributed by atoms with Gasteiger partial charge in [-0.2, -0.15) is 0 Å². The van der Waals surface area contributed by atoms with Gasteiger partial charge in [0.05, 0.1) is 17.5 Å². The van der Waals surface area contributed by atoms with Gasteiger partial charge in [0.1, 0.15) is 11.5 Å². The van der Waals surface area contributed by atoms with E-state index in [1.165, 1.54) is 11.1 Å². The van der Waals surface area contributed by atoms with Gasteiger partial charge < -0.3 is 14.8 Å². The smallest absolute Gasteiger partial charge is 0.340 e. The highest BCUT2D eigenvalue weighted by atomic mass is 16.5. The van der Waals surface area contributed by atoms with Gasteiger partial charge in [0, 0.05) is 23.3 Å². The van der Waals surface area contributed by atoms with Crippen LogP contribution in [0.4, 0.5) is 0 Å². The van der Waals surface area contributed by atoms with Crippen molar-refractivity contribution in [2.75, 3.05) is 20.1 Å². The normalized spacial score (nSPS) is 34.7. The van der Waals surface area contributed by atoms with Crippen molar-refractivity contribution in [3.8, 4) is 0 Å². The first-order chi connectivity index (χ1) is 18.0. The van der Waals surface area contributed by atoms with E-state index >= 15 is 0 Å². The van der Waals surface area contributed by atoms with Crippen LogP contribution in [0.5, 0.6) is 0 Å². The number of allylic oxidation sites excluding steroid dienone is 6. The van der Waals surface area contributed by atoms with E-state index in [0.717, 1.165) is 86.1 Å². The van der Waals surface area contributed by atoms with Gasteiger partial charge in [0.15, 0.2) is 0 Å². The molecule has 6 heteroatoms. The maximum Gasteiger partial charge on any atom is 0.340 e. The lowest BCUT2D eigenvalue weighted by atomic mass is 9.44. The number of rotatable bonds is 8. The molecule has 2 fully saturated rings. The van der Waals surface area contributed by atoms with E-state index in [1.54, 1.807) is 0 Å². The van der Waals surface area contributed by atoms with Crippen LogP contribution in [0.3, 0.4) is 0 Å². The number of fused-ring (bicyclic) bond motifs is 1. The van der Waals surface area contributed by atoms with Gasteiger partial charge in [-0.05, 0) is 94.0 Å². The van der Waals surface area contributed by atoms with Crippen LogP contribution < -0.4 is 5.32 Å². The number of cyclic esters (lactones) is 2. The third-order valence-corrected chi connectivity index (χ3v) is 9.46. The third-order valence-electron chi connectivity index (χ3n) is 9.46. The molecule has 0 aromatic rings. The number of hydrogen-bond acceptors (Lipinski definition) is 6. The van der Waals surface area contributed by atoms with E-state index in [4.69, 9.17) is 9.47 Å². The van der Waals surface area contributed by atoms with Crippen LogP contribution in [0.2, 0.25) is 0 Å². The zero-order chi connectivity index (χ0) is 25.7. The van der Waals surface area contributed by atoms with Crippen LogP contribution in [0.25, 0.3) is 0 Å². The van der Waals surface area contributed by atoms with Gasteiger partial charge >= 0.3 is 11.9 Å². The molecule has 0 aromatic heterocycles. The molecule has 3 aliphatic heterocycles. The summed E-state index contributed by atoms with van der Waals surface area (Å²) < 4.78 is 12.1. The molecule has 7 aliphatic rings. The average Bonchev–Trinajstić information content (AvgIpc) is 3.59. The highest BCUT2D eigenvalue weighted by Gasteiger charge is 2.68. The van der Waals surface area contributed by atoms with Gasteiger partial charge in [-0.3, -0.25) is 4.99 Å². The summed E-state index contributed by atoms with van der Waals surface area (Å²) in [6, 6.07) is 0. The summed E-state index contributed by atoms with van der Waals surface area (Å²) >= 11 is 0. The van der Waals surface area contributed by atoms with Gasteiger partial charge in [0.2, 0.25) is 0 Å². The number of carbonyl (C=O) groups is 2. The van der Waals surface area contributed by atoms with E-state index in [2.05, 4.69) is 42.4 Å². The standard InChI is InChI=1S/C31H38N2O4/c1-4-5-6-24-22-9-8-21-20-11-13-31(27(21)26(22)29(34)36-24)25(10-7-18(2)16-32-3)37-30(35)28(31)23(20)15-19-12-14-33-17-19/h6,10,12,17-18,20-21,27,32H,4-5,7-9,11,13-16H2,1-3H3/b24-6-,25-10-/t18-,20-,21-,27+,31-/m0/s1. The fourth-order valence-corrected chi connectivity index (χ4v) is 8.03. The van der Waals surface area contributed by atoms with Gasteiger partial charge in [0.25, 0.3) is 0 Å². The molecule has 7 rings (SSSR count). The van der Waals surface area contributed by atoms with E-state index in [-0.39, 0.29) is 23.8 Å². The molecule has 6 nitrogen and oxygen atoms in total. The first kappa shape index (κ1) is 24.6. The summed E-state index contributed by atoms with van der Waals surface area (Å²) in [6.45, 7) is 5.95. The molecule has 1 saturated heterocycles. The Morgan fingerprint density at radius 2 is 2.08 bits per heavy atom. The number of nitrogens with one attached hydrogen (secondary N) is 1. The minimum Gasteiger partial charge on any atom is -0.427 e. The molecule has 1 N–H and O–H groups in total. The molecule has 37 heavy (non-hydrogen) atoms. The Balaban J connectivity index is 1.51. The van der Waals surface area contributed by atoms with Crippen molar-refractivity contribution in [3.63, 3.8) is 0 Å². The largest absolute Gasteiger partial charge is 0.427 e. The molecule has 2 bridgehead atoms. The second-order valence-corrected chi connectivity index (χ2v) is 11.6. The Labute approximate surface area is 219 Å². The number of hydrogen-bond donors (Lipinski definition) is 1. The van der Waals surface area contributed by atoms with Crippen LogP contribution in [0, 0.1) is 29.1 Å². The lowest BCUT2D eigenvalue weighted by Gasteiger charge is -2.56. The van der Waals surface area contributed by atoms with Gasteiger partial charge in [-0.1, -0.05) is 31.9 Å². The van der Waals surface area contributed by atoms with Crippen molar-refractivity contribution in [1.82, 2.24) is 5.32 Å². The van der Waals surface area contributed by atoms with E-state index in [1.807, 2.05) is 13.3 Å². The molecule has 3 heterocycles. The van der Waals surface area contributed by atoms with E-state index < -0.39 is 5.41 Å². The molecular formula is C31H38N2O4. The minimum absolute atomic E-state index is 0.0580. The van der Waals surface area contributed by atoms with Crippen LogP contribution in [0.15, 0.2) is 62.6 Å². The predicted molar refractivity (Wildman–Crippen MR) is 142 cm³/mol. The molecule has 5 atom stereocenters. The van der Waals surface area contributed by atoms with Crippen molar-refractivity contribution in [3.05, 3.63) is 57.6 Å². The number of esters is 2. The number of aliphatic imine (C=N–C) groups is 1. The number of unbranched alkanes of at least 4 members (excludes halogenated alkanes) is 1. The Bertz CT molecular complexity index is 1220. The highest BCUT2D eigenvalue weighted by Crippen LogP contribution is 2.70. The van der Waals surface area contributed by atoms with E-state index in [9.17, 15) is 9.59 Å². The summed E-state index contributed by atoms with van der Waals surface area (Å²) in [4.78, 5) is 31.6. The molecular weight excluding hydrogens is 464 g/mol. The summed E-state index contributed by atoms with van der Waals surface area (Å²) in [6.07, 6.45) is 15.6. The van der Waals surface area contributed by atoms with Crippen molar-refractivity contribution >= 4 is 18.2 Å². The zero-order valence-electron chi connectivity index (χ0n) is 22.3. The SMILES string of the molecule is CCC/C=C1\OC(=O)C2=C1CC[C@H]1[C@@H]3CC[C@@]4(C(=C3CC3=CCN=C3)C(=O)O/C4=C\C[C@H](C)CNC)[C@@H]21. The Hall–Kier alpha value is -2.73. The Kier molecular flexibility index (Phi) is 6.34. The first-order valence-corrected chi connectivity index (χ1v) is 14.1. The van der Waals surface area contributed by atoms with Crippen molar-refractivity contribution in [1.29, 1.82) is 0 Å². The molecule has 0 aromatic carbocycles. The monoisotopic (exact) mass is 502 g/mol. The fourth-order valence-electron chi connectivity index (χ4n) is 8.03. The lowest BCUT2D eigenvalue weighted by Crippen LogP contribution is -2.52. The second kappa shape index (κ2) is 9.54. The summed E-state index contributed by atoms with van der Waals surface area (Å²) in [5, 5.41) is 3.25. The van der Waals surface area contributed by atoms with Crippen LogP contribution in [0.1, 0.15) is 65.2 Å².